The molecule has 0 fully saturated rings. The molecule has 0 aromatic heterocycles. The number of unbranched alkanes of at least 4 members (excludes halogenated alkanes) is 2. The highest BCUT2D eigenvalue weighted by molar-refractivity contribution is 6.30. The van der Waals surface area contributed by atoms with Crippen LogP contribution in [0.25, 0.3) is 0 Å². The zero-order valence-corrected chi connectivity index (χ0v) is 10.9. The number of nitrogens with one attached hydrogen (secondary N) is 1. The molecule has 96 valence electrons. The lowest BCUT2D eigenvalue weighted by Crippen LogP contribution is -2.22. The molecule has 1 aromatic rings. The summed E-state index contributed by atoms with van der Waals surface area (Å²) < 4.78 is 18.7. The highest BCUT2D eigenvalue weighted by atomic mass is 35.5. The Labute approximate surface area is 107 Å². The van der Waals surface area contributed by atoms with Crippen LogP contribution < -0.4 is 10.1 Å². The van der Waals surface area contributed by atoms with Crippen LogP contribution in [0.15, 0.2) is 18.2 Å². The summed E-state index contributed by atoms with van der Waals surface area (Å²) >= 11 is 5.64. The minimum Gasteiger partial charge on any atom is -0.489 e. The maximum atomic E-state index is 13.4. The van der Waals surface area contributed by atoms with Gasteiger partial charge in [-0.15, -0.1) is 0 Å². The summed E-state index contributed by atoms with van der Waals surface area (Å²) in [5, 5.41) is 3.34. The Morgan fingerprint density at radius 1 is 1.29 bits per heavy atom. The molecule has 0 saturated carbocycles. The Hall–Kier alpha value is -0.800. The third-order valence-electron chi connectivity index (χ3n) is 2.41. The summed E-state index contributed by atoms with van der Waals surface area (Å²) in [4.78, 5) is 0. The smallest absolute Gasteiger partial charge is 0.183 e. The van der Waals surface area contributed by atoms with Gasteiger partial charge in [0, 0.05) is 6.54 Å². The van der Waals surface area contributed by atoms with E-state index in [0.29, 0.717) is 6.61 Å². The Balaban J connectivity index is 2.16. The van der Waals surface area contributed by atoms with Crippen LogP contribution in [0.5, 0.6) is 5.75 Å². The molecule has 0 spiro atoms. The van der Waals surface area contributed by atoms with Crippen LogP contribution in [-0.2, 0) is 0 Å². The van der Waals surface area contributed by atoms with Crippen molar-refractivity contribution < 1.29 is 9.13 Å². The molecule has 1 N–H and O–H groups in total. The van der Waals surface area contributed by atoms with Crippen molar-refractivity contribution in [1.29, 1.82) is 0 Å². The molecule has 1 aromatic carbocycles. The molecule has 0 radical (unpaired) electrons. The van der Waals surface area contributed by atoms with Gasteiger partial charge in [0.1, 0.15) is 6.61 Å². The minimum atomic E-state index is -0.486. The second-order valence-electron chi connectivity index (χ2n) is 3.86. The summed E-state index contributed by atoms with van der Waals surface area (Å²) in [6.45, 7) is 4.32. The topological polar surface area (TPSA) is 21.3 Å². The van der Waals surface area contributed by atoms with E-state index < -0.39 is 5.82 Å². The predicted molar refractivity (Wildman–Crippen MR) is 69.3 cm³/mol. The molecule has 0 amide bonds. The standard InChI is InChI=1S/C13H19ClFNO/c1-2-3-4-8-16-9-10-17-12-7-5-6-11(14)13(12)15/h5-7,16H,2-4,8-10H2,1H3. The lowest BCUT2D eigenvalue weighted by atomic mass is 10.2. The van der Waals surface area contributed by atoms with Crippen molar-refractivity contribution in [1.82, 2.24) is 5.32 Å². The summed E-state index contributed by atoms with van der Waals surface area (Å²) in [7, 11) is 0. The van der Waals surface area contributed by atoms with Gasteiger partial charge in [0.25, 0.3) is 0 Å². The van der Waals surface area contributed by atoms with Gasteiger partial charge in [0.2, 0.25) is 0 Å². The number of benzene rings is 1. The van der Waals surface area contributed by atoms with Gasteiger partial charge < -0.3 is 10.1 Å². The first kappa shape index (κ1) is 14.3. The van der Waals surface area contributed by atoms with Crippen LogP contribution in [0.1, 0.15) is 26.2 Å². The van der Waals surface area contributed by atoms with E-state index in [1.54, 1.807) is 12.1 Å². The predicted octanol–water partition coefficient (Wildman–Crippen LogP) is 3.64. The first-order valence-electron chi connectivity index (χ1n) is 6.03. The molecule has 0 atom stereocenters. The molecule has 4 heteroatoms. The second kappa shape index (κ2) is 8.31. The van der Waals surface area contributed by atoms with Crippen molar-refractivity contribution in [2.24, 2.45) is 0 Å². The van der Waals surface area contributed by atoms with Crippen molar-refractivity contribution in [3.8, 4) is 5.75 Å². The monoisotopic (exact) mass is 259 g/mol. The number of hydrogen-bond acceptors (Lipinski definition) is 2. The molecule has 0 aliphatic heterocycles. The van der Waals surface area contributed by atoms with Gasteiger partial charge in [-0.2, -0.15) is 0 Å². The van der Waals surface area contributed by atoms with Gasteiger partial charge in [-0.3, -0.25) is 0 Å². The van der Waals surface area contributed by atoms with Crippen molar-refractivity contribution in [3.05, 3.63) is 29.0 Å². The Morgan fingerprint density at radius 2 is 2.12 bits per heavy atom. The highest BCUT2D eigenvalue weighted by Gasteiger charge is 2.06. The van der Waals surface area contributed by atoms with Crippen LogP contribution in [0.3, 0.4) is 0 Å². The molecule has 17 heavy (non-hydrogen) atoms. The third-order valence-corrected chi connectivity index (χ3v) is 2.70. The lowest BCUT2D eigenvalue weighted by Gasteiger charge is -2.08. The third kappa shape index (κ3) is 5.37. The molecule has 1 rings (SSSR count). The fourth-order valence-electron chi connectivity index (χ4n) is 1.45. The fraction of sp³-hybridized carbons (Fsp3) is 0.538. The van der Waals surface area contributed by atoms with Crippen LogP contribution in [0.4, 0.5) is 4.39 Å². The maximum absolute atomic E-state index is 13.4. The summed E-state index contributed by atoms with van der Waals surface area (Å²) in [6, 6.07) is 4.76. The van der Waals surface area contributed by atoms with Crippen molar-refractivity contribution >= 4 is 11.6 Å². The first-order chi connectivity index (χ1) is 8.25. The van der Waals surface area contributed by atoms with Gasteiger partial charge in [0.15, 0.2) is 11.6 Å². The van der Waals surface area contributed by atoms with E-state index in [4.69, 9.17) is 16.3 Å². The number of ether oxygens (including phenoxy) is 1. The van der Waals surface area contributed by atoms with Crippen LogP contribution in [0, 0.1) is 5.82 Å². The molecular formula is C13H19ClFNO. The molecule has 2 nitrogen and oxygen atoms in total. The number of halogens is 2. The van der Waals surface area contributed by atoms with Crippen LogP contribution in [0.2, 0.25) is 5.02 Å². The SMILES string of the molecule is CCCCCNCCOc1cccc(Cl)c1F. The number of hydrogen-bond donors (Lipinski definition) is 1. The normalized spacial score (nSPS) is 10.5. The molecule has 0 unspecified atom stereocenters. The van der Waals surface area contributed by atoms with E-state index in [-0.39, 0.29) is 10.8 Å². The van der Waals surface area contributed by atoms with Crippen LogP contribution in [-0.4, -0.2) is 19.7 Å². The van der Waals surface area contributed by atoms with E-state index in [0.717, 1.165) is 13.1 Å². The average molecular weight is 260 g/mol. The van der Waals surface area contributed by atoms with Crippen molar-refractivity contribution in [2.45, 2.75) is 26.2 Å². The van der Waals surface area contributed by atoms with E-state index in [2.05, 4.69) is 12.2 Å². The highest BCUT2D eigenvalue weighted by Crippen LogP contribution is 2.23. The van der Waals surface area contributed by atoms with Gasteiger partial charge in [-0.05, 0) is 25.1 Å². The van der Waals surface area contributed by atoms with Crippen LogP contribution >= 0.6 is 11.6 Å². The Morgan fingerprint density at radius 3 is 2.88 bits per heavy atom. The van der Waals surface area contributed by atoms with Crippen molar-refractivity contribution in [3.63, 3.8) is 0 Å². The summed E-state index contributed by atoms with van der Waals surface area (Å²) in [5.74, 6) is -0.270. The minimum absolute atomic E-state index is 0.0957. The Kier molecular flexibility index (Phi) is 6.97. The Bertz CT molecular complexity index is 333. The lowest BCUT2D eigenvalue weighted by molar-refractivity contribution is 0.298. The summed E-state index contributed by atoms with van der Waals surface area (Å²) in [6.07, 6.45) is 3.62. The van der Waals surface area contributed by atoms with E-state index in [1.807, 2.05) is 0 Å². The first-order valence-corrected chi connectivity index (χ1v) is 6.41. The van der Waals surface area contributed by atoms with E-state index in [1.165, 1.54) is 25.3 Å². The van der Waals surface area contributed by atoms with E-state index >= 15 is 0 Å². The van der Waals surface area contributed by atoms with E-state index in [9.17, 15) is 4.39 Å². The maximum Gasteiger partial charge on any atom is 0.183 e. The fourth-order valence-corrected chi connectivity index (χ4v) is 1.62. The second-order valence-corrected chi connectivity index (χ2v) is 4.26. The largest absolute Gasteiger partial charge is 0.489 e. The zero-order valence-electron chi connectivity index (χ0n) is 10.1. The van der Waals surface area contributed by atoms with Gasteiger partial charge >= 0.3 is 0 Å². The van der Waals surface area contributed by atoms with Crippen molar-refractivity contribution in [2.75, 3.05) is 19.7 Å². The molecule has 0 aliphatic carbocycles. The molecule has 0 saturated heterocycles. The quantitative estimate of drug-likeness (QED) is 0.720. The van der Waals surface area contributed by atoms with Gasteiger partial charge in [0.05, 0.1) is 5.02 Å². The average Bonchev–Trinajstić information content (AvgIpc) is 2.33. The zero-order chi connectivity index (χ0) is 12.5. The van der Waals surface area contributed by atoms with Gasteiger partial charge in [-0.1, -0.05) is 37.4 Å². The van der Waals surface area contributed by atoms with Gasteiger partial charge in [-0.25, -0.2) is 4.39 Å². The molecular weight excluding hydrogens is 241 g/mol. The number of rotatable bonds is 8. The summed E-state index contributed by atoms with van der Waals surface area (Å²) in [5.41, 5.74) is 0. The molecule has 0 heterocycles. The molecule has 0 aliphatic rings. The molecule has 0 bridgehead atoms.